The largest absolute Gasteiger partial charge is 0.489 e. The van der Waals surface area contributed by atoms with Gasteiger partial charge in [-0.25, -0.2) is 19.5 Å². The van der Waals surface area contributed by atoms with Crippen molar-refractivity contribution in [3.8, 4) is 5.75 Å². The fourth-order valence-corrected chi connectivity index (χ4v) is 3.77. The first kappa shape index (κ1) is 24.0. The van der Waals surface area contributed by atoms with Gasteiger partial charge in [-0.1, -0.05) is 36.9 Å². The number of ether oxygens (including phenoxy) is 2. The van der Waals surface area contributed by atoms with Crippen LogP contribution in [0.2, 0.25) is 0 Å². The highest BCUT2D eigenvalue weighted by Crippen LogP contribution is 2.36. The lowest BCUT2D eigenvalue weighted by molar-refractivity contribution is -0.141. The van der Waals surface area contributed by atoms with Crippen molar-refractivity contribution in [2.75, 3.05) is 6.61 Å². The van der Waals surface area contributed by atoms with E-state index in [1.54, 1.807) is 12.4 Å². The molecule has 35 heavy (non-hydrogen) atoms. The van der Waals surface area contributed by atoms with E-state index >= 15 is 0 Å². The molecule has 0 bridgehead atoms. The zero-order valence-corrected chi connectivity index (χ0v) is 18.6. The third-order valence-electron chi connectivity index (χ3n) is 5.44. The second kappa shape index (κ2) is 9.61. The molecule has 3 heterocycles. The molecule has 1 aliphatic heterocycles. The second-order valence-electron chi connectivity index (χ2n) is 7.80. The van der Waals surface area contributed by atoms with Gasteiger partial charge in [0.05, 0.1) is 11.7 Å². The lowest BCUT2D eigenvalue weighted by atomic mass is 10.1. The van der Waals surface area contributed by atoms with Crippen LogP contribution < -0.4 is 10.1 Å². The van der Waals surface area contributed by atoms with Crippen LogP contribution in [0.25, 0.3) is 10.8 Å². The molecule has 1 aromatic carbocycles. The number of imide groups is 1. The van der Waals surface area contributed by atoms with Crippen molar-refractivity contribution in [2.24, 2.45) is 0 Å². The Morgan fingerprint density at radius 1 is 1.29 bits per heavy atom. The van der Waals surface area contributed by atoms with Gasteiger partial charge in [-0.2, -0.15) is 13.2 Å². The molecule has 11 heteroatoms. The van der Waals surface area contributed by atoms with Crippen molar-refractivity contribution in [3.05, 3.63) is 78.4 Å². The molecule has 2 aromatic heterocycles. The van der Waals surface area contributed by atoms with Crippen LogP contribution in [0.4, 0.5) is 22.8 Å². The number of alkyl halides is 3. The maximum atomic E-state index is 13.4. The normalized spacial score (nSPS) is 17.8. The quantitative estimate of drug-likeness (QED) is 0.493. The van der Waals surface area contributed by atoms with Gasteiger partial charge in [-0.15, -0.1) is 0 Å². The van der Waals surface area contributed by atoms with Gasteiger partial charge in [-0.3, -0.25) is 4.98 Å². The molecule has 2 atom stereocenters. The highest BCUT2D eigenvalue weighted by Gasteiger charge is 2.45. The summed E-state index contributed by atoms with van der Waals surface area (Å²) >= 11 is 0. The van der Waals surface area contributed by atoms with E-state index in [1.807, 2.05) is 24.3 Å². The Morgan fingerprint density at radius 2 is 2.06 bits per heavy atom. The van der Waals surface area contributed by atoms with E-state index in [0.29, 0.717) is 0 Å². The third-order valence-corrected chi connectivity index (χ3v) is 5.44. The number of nitrogens with zero attached hydrogens (tertiary/aromatic N) is 3. The van der Waals surface area contributed by atoms with E-state index in [2.05, 4.69) is 21.9 Å². The molecule has 0 radical (unpaired) electrons. The minimum absolute atomic E-state index is 0.0294. The Labute approximate surface area is 198 Å². The summed E-state index contributed by atoms with van der Waals surface area (Å²) in [6.45, 7) is 5.00. The summed E-state index contributed by atoms with van der Waals surface area (Å²) < 4.78 is 50.7. The number of halogens is 3. The van der Waals surface area contributed by atoms with Crippen LogP contribution in [0.1, 0.15) is 30.0 Å². The summed E-state index contributed by atoms with van der Waals surface area (Å²) in [5, 5.41) is 4.43. The number of cyclic esters (lactones) is 1. The molecular weight excluding hydrogens is 465 g/mol. The van der Waals surface area contributed by atoms with Crippen molar-refractivity contribution in [3.63, 3.8) is 0 Å². The smallest absolute Gasteiger partial charge is 0.433 e. The molecule has 2 unspecified atom stereocenters. The monoisotopic (exact) mass is 486 g/mol. The van der Waals surface area contributed by atoms with Gasteiger partial charge in [0.1, 0.15) is 18.1 Å². The van der Waals surface area contributed by atoms with Crippen LogP contribution in [0.3, 0.4) is 0 Å². The summed E-state index contributed by atoms with van der Waals surface area (Å²) in [7, 11) is 0. The molecule has 1 saturated heterocycles. The maximum absolute atomic E-state index is 13.4. The number of nitrogens with one attached hydrogen (secondary N) is 1. The molecule has 1 N–H and O–H groups in total. The van der Waals surface area contributed by atoms with Gasteiger partial charge in [0.15, 0.2) is 6.10 Å². The van der Waals surface area contributed by atoms with Crippen LogP contribution >= 0.6 is 0 Å². The minimum Gasteiger partial charge on any atom is -0.489 e. The second-order valence-corrected chi connectivity index (χ2v) is 7.80. The van der Waals surface area contributed by atoms with Crippen LogP contribution in [-0.4, -0.2) is 39.6 Å². The first-order valence-electron chi connectivity index (χ1n) is 10.6. The molecule has 0 saturated carbocycles. The molecule has 0 spiro atoms. The van der Waals surface area contributed by atoms with E-state index in [4.69, 9.17) is 9.47 Å². The van der Waals surface area contributed by atoms with E-state index < -0.39 is 36.1 Å². The van der Waals surface area contributed by atoms with Crippen LogP contribution in [0.5, 0.6) is 5.75 Å². The number of rotatable bonds is 6. The number of hydrogen-bond acceptors (Lipinski definition) is 6. The average molecular weight is 486 g/mol. The first-order valence-corrected chi connectivity index (χ1v) is 10.6. The topological polar surface area (TPSA) is 93.7 Å². The Hall–Kier alpha value is -4.15. The summed E-state index contributed by atoms with van der Waals surface area (Å²) in [6, 6.07) is 7.79. The number of amides is 3. The maximum Gasteiger partial charge on any atom is 0.433 e. The number of carbonyl (C=O) groups is 2. The number of hydrogen-bond donors (Lipinski definition) is 1. The summed E-state index contributed by atoms with van der Waals surface area (Å²) in [4.78, 5) is 33.9. The van der Waals surface area contributed by atoms with Gasteiger partial charge in [0.2, 0.25) is 0 Å². The molecule has 3 aromatic rings. The number of carbonyl (C=O) groups excluding carboxylic acids is 2. The predicted molar refractivity (Wildman–Crippen MR) is 119 cm³/mol. The third kappa shape index (κ3) is 5.03. The fourth-order valence-electron chi connectivity index (χ4n) is 3.77. The fraction of sp³-hybridized carbons (Fsp3) is 0.250. The Morgan fingerprint density at radius 3 is 2.80 bits per heavy atom. The van der Waals surface area contributed by atoms with E-state index in [1.165, 1.54) is 19.1 Å². The molecule has 3 amide bonds. The van der Waals surface area contributed by atoms with E-state index in [-0.39, 0.29) is 24.6 Å². The number of aromatic nitrogens is 2. The van der Waals surface area contributed by atoms with Gasteiger partial charge in [0.25, 0.3) is 0 Å². The van der Waals surface area contributed by atoms with Crippen LogP contribution in [0.15, 0.2) is 61.4 Å². The summed E-state index contributed by atoms with van der Waals surface area (Å²) in [6.07, 6.45) is -2.29. The van der Waals surface area contributed by atoms with Crippen LogP contribution in [0, 0.1) is 0 Å². The highest BCUT2D eigenvalue weighted by molar-refractivity contribution is 5.93. The van der Waals surface area contributed by atoms with E-state index in [0.717, 1.165) is 27.3 Å². The lowest BCUT2D eigenvalue weighted by Crippen LogP contribution is -2.44. The SMILES string of the molecule is C=CCOc1cc(C2OC(=O)N(C(=O)NCc3cncc4ccccc34)C2C)nc(C(F)(F)F)c1. The predicted octanol–water partition coefficient (Wildman–Crippen LogP) is 5.01. The molecule has 1 fully saturated rings. The van der Waals surface area contributed by atoms with E-state index in [9.17, 15) is 22.8 Å². The minimum atomic E-state index is -4.75. The number of pyridine rings is 2. The Kier molecular flexibility index (Phi) is 6.59. The zero-order valence-electron chi connectivity index (χ0n) is 18.6. The van der Waals surface area contributed by atoms with Gasteiger partial charge in [-0.05, 0) is 17.9 Å². The summed E-state index contributed by atoms with van der Waals surface area (Å²) in [5.74, 6) is -0.114. The molecule has 0 aliphatic carbocycles. The average Bonchev–Trinajstić information content (AvgIpc) is 3.14. The Balaban J connectivity index is 1.54. The Bertz CT molecular complexity index is 1280. The van der Waals surface area contributed by atoms with Crippen LogP contribution in [-0.2, 0) is 17.5 Å². The summed E-state index contributed by atoms with van der Waals surface area (Å²) in [5.41, 5.74) is -0.659. The van der Waals surface area contributed by atoms with Crippen molar-refractivity contribution < 1.29 is 32.2 Å². The van der Waals surface area contributed by atoms with Crippen molar-refractivity contribution >= 4 is 22.9 Å². The van der Waals surface area contributed by atoms with Crippen molar-refractivity contribution in [1.29, 1.82) is 0 Å². The van der Waals surface area contributed by atoms with Gasteiger partial charge >= 0.3 is 18.3 Å². The standard InChI is InChI=1S/C24H21F3N4O4/c1-3-8-34-17-9-19(30-20(10-17)24(25,26)27)21-14(2)31(23(33)35-21)22(32)29-13-16-12-28-11-15-6-4-5-7-18(15)16/h3-7,9-12,14,21H,1,8,13H2,2H3,(H,29,32). The molecule has 8 nitrogen and oxygen atoms in total. The van der Waals surface area contributed by atoms with Gasteiger partial charge < -0.3 is 14.8 Å². The molecular formula is C24H21F3N4O4. The first-order chi connectivity index (χ1) is 16.7. The van der Waals surface area contributed by atoms with Gasteiger partial charge in [0, 0.05) is 36.5 Å². The lowest BCUT2D eigenvalue weighted by Gasteiger charge is -2.20. The van der Waals surface area contributed by atoms with Crippen molar-refractivity contribution in [2.45, 2.75) is 31.8 Å². The highest BCUT2D eigenvalue weighted by atomic mass is 19.4. The number of benzene rings is 1. The zero-order chi connectivity index (χ0) is 25.2. The molecule has 1 aliphatic rings. The molecule has 182 valence electrons. The van der Waals surface area contributed by atoms with Crippen molar-refractivity contribution in [1.82, 2.24) is 20.2 Å². The molecule has 4 rings (SSSR count). The number of fused-ring (bicyclic) bond motifs is 1. The number of urea groups is 1.